The Balaban J connectivity index is 0. The first-order valence-corrected chi connectivity index (χ1v) is 3.37. The van der Waals surface area contributed by atoms with Crippen molar-refractivity contribution in [3.05, 3.63) is 0 Å². The van der Waals surface area contributed by atoms with Crippen molar-refractivity contribution in [2.45, 2.75) is 5.53 Å². The van der Waals surface area contributed by atoms with Gasteiger partial charge in [-0.2, -0.15) is 0 Å². The lowest BCUT2D eigenvalue weighted by Gasteiger charge is -2.14. The summed E-state index contributed by atoms with van der Waals surface area (Å²) < 4.78 is 0. The summed E-state index contributed by atoms with van der Waals surface area (Å²) in [5.74, 6) is 0. The molecule has 0 aliphatic carbocycles. The van der Waals surface area contributed by atoms with Crippen molar-refractivity contribution < 1.29 is 20.8 Å². The van der Waals surface area contributed by atoms with Gasteiger partial charge < -0.3 is 20.8 Å². The van der Waals surface area contributed by atoms with Crippen LogP contribution in [0.1, 0.15) is 0 Å². The molecule has 0 bridgehead atoms. The highest BCUT2D eigenvalue weighted by molar-refractivity contribution is 7.38. The first kappa shape index (κ1) is 11.1. The molecule has 0 aromatic rings. The van der Waals surface area contributed by atoms with Crippen LogP contribution in [0.5, 0.6) is 0 Å². The van der Waals surface area contributed by atoms with Crippen LogP contribution in [-0.2, 0) is 0 Å². The van der Waals surface area contributed by atoms with E-state index in [1.807, 2.05) is 0 Å². The van der Waals surface area contributed by atoms with E-state index in [0.29, 0.717) is 0 Å². The van der Waals surface area contributed by atoms with Gasteiger partial charge in [-0.1, -0.05) is 8.58 Å². The van der Waals surface area contributed by atoms with Crippen molar-refractivity contribution in [2.24, 2.45) is 0 Å². The summed E-state index contributed by atoms with van der Waals surface area (Å²) in [7, 11) is -0.0544. The second-order valence-electron chi connectivity index (χ2n) is 1.22. The maximum atomic E-state index is 8.45. The molecule has 0 saturated heterocycles. The highest BCUT2D eigenvalue weighted by Crippen LogP contribution is 2.20. The van der Waals surface area contributed by atoms with Crippen LogP contribution in [0, 0.1) is 0 Å². The molecule has 0 amide bonds. The Hall–Kier alpha value is 0.270. The van der Waals surface area contributed by atoms with Gasteiger partial charge in [-0.15, -0.1) is 0 Å². The lowest BCUT2D eigenvalue weighted by molar-refractivity contribution is -0.111. The van der Waals surface area contributed by atoms with E-state index < -0.39 is 12.1 Å². The molecular formula is C3H11O4P. The Morgan fingerprint density at radius 1 is 1.50 bits per heavy atom. The monoisotopic (exact) mass is 142 g/mol. The minimum Gasteiger partial charge on any atom is -0.412 e. The maximum absolute atomic E-state index is 8.45. The first-order chi connectivity index (χ1) is 3.12. The summed E-state index contributed by atoms with van der Waals surface area (Å²) in [5.41, 5.74) is -1.83. The number of hydrogen-bond donors (Lipinski definition) is 3. The second kappa shape index (κ2) is 4.18. The minimum absolute atomic E-state index is 0. The Labute approximate surface area is 49.2 Å². The molecule has 5 heteroatoms. The van der Waals surface area contributed by atoms with Gasteiger partial charge in [0, 0.05) is 0 Å². The molecule has 0 aliphatic heterocycles. The Morgan fingerprint density at radius 2 is 1.88 bits per heavy atom. The third kappa shape index (κ3) is 4.43. The van der Waals surface area contributed by atoms with Crippen molar-refractivity contribution in [2.75, 3.05) is 13.3 Å². The molecule has 8 heavy (non-hydrogen) atoms. The van der Waals surface area contributed by atoms with E-state index in [0.717, 1.165) is 0 Å². The molecule has 0 spiro atoms. The molecule has 4 nitrogen and oxygen atoms in total. The van der Waals surface area contributed by atoms with Gasteiger partial charge in [0.1, 0.15) is 6.61 Å². The number of aliphatic hydroxyl groups excluding tert-OH is 1. The molecule has 0 aliphatic rings. The third-order valence-electron chi connectivity index (χ3n) is 0.621. The minimum atomic E-state index is -1.83. The quantitative estimate of drug-likeness (QED) is 0.310. The van der Waals surface area contributed by atoms with Crippen LogP contribution in [0.15, 0.2) is 0 Å². The largest absolute Gasteiger partial charge is 0.412 e. The summed E-state index contributed by atoms with van der Waals surface area (Å²) in [4.78, 5) is 0. The van der Waals surface area contributed by atoms with E-state index in [4.69, 9.17) is 15.3 Å². The maximum Gasteiger partial charge on any atom is 0.202 e. The average Bonchev–Trinajstić information content (AvgIpc) is 1.68. The van der Waals surface area contributed by atoms with Gasteiger partial charge in [-0.25, -0.2) is 0 Å². The van der Waals surface area contributed by atoms with Gasteiger partial charge in [-0.05, 0) is 6.66 Å². The lowest BCUT2D eigenvalue weighted by atomic mass is 10.7. The molecule has 5 N–H and O–H groups in total. The van der Waals surface area contributed by atoms with E-state index in [1.165, 1.54) is 0 Å². The second-order valence-corrected chi connectivity index (χ2v) is 2.53. The number of rotatable bonds is 2. The molecule has 0 rings (SSSR count). The molecule has 0 heterocycles. The van der Waals surface area contributed by atoms with Crippen molar-refractivity contribution in [1.82, 2.24) is 0 Å². The molecule has 0 fully saturated rings. The molecule has 0 radical (unpaired) electrons. The van der Waals surface area contributed by atoms with E-state index in [1.54, 1.807) is 6.66 Å². The van der Waals surface area contributed by atoms with Crippen LogP contribution < -0.4 is 0 Å². The Morgan fingerprint density at radius 3 is 1.88 bits per heavy atom. The van der Waals surface area contributed by atoms with Crippen LogP contribution in [0.4, 0.5) is 0 Å². The first-order valence-electron chi connectivity index (χ1n) is 1.87. The summed E-state index contributed by atoms with van der Waals surface area (Å²) in [6.45, 7) is 1.03. The van der Waals surface area contributed by atoms with E-state index in [-0.39, 0.29) is 14.1 Å². The van der Waals surface area contributed by atoms with E-state index in [2.05, 4.69) is 0 Å². The van der Waals surface area contributed by atoms with Crippen molar-refractivity contribution in [1.29, 1.82) is 0 Å². The third-order valence-corrected chi connectivity index (χ3v) is 1.58. The fourth-order valence-electron chi connectivity index (χ4n) is 0.0791. The highest BCUT2D eigenvalue weighted by atomic mass is 31.1. The van der Waals surface area contributed by atoms with Crippen LogP contribution in [0.3, 0.4) is 0 Å². The zero-order valence-electron chi connectivity index (χ0n) is 4.55. The molecular weight excluding hydrogens is 131 g/mol. The summed E-state index contributed by atoms with van der Waals surface area (Å²) in [5, 5.41) is 25.0. The SMILES string of the molecule is CPC(O)(O)CO.O. The molecule has 52 valence electrons. The number of hydrogen-bond acceptors (Lipinski definition) is 3. The predicted molar refractivity (Wildman–Crippen MR) is 32.1 cm³/mol. The molecule has 0 aromatic carbocycles. The zero-order valence-corrected chi connectivity index (χ0v) is 5.55. The van der Waals surface area contributed by atoms with Gasteiger partial charge in [0.25, 0.3) is 0 Å². The van der Waals surface area contributed by atoms with E-state index in [9.17, 15) is 0 Å². The van der Waals surface area contributed by atoms with Gasteiger partial charge in [0.15, 0.2) is 0 Å². The topological polar surface area (TPSA) is 92.2 Å². The van der Waals surface area contributed by atoms with Crippen molar-refractivity contribution >= 4 is 8.58 Å². The van der Waals surface area contributed by atoms with Gasteiger partial charge in [0.05, 0.1) is 0 Å². The van der Waals surface area contributed by atoms with Gasteiger partial charge >= 0.3 is 0 Å². The summed E-state index contributed by atoms with van der Waals surface area (Å²) in [6.07, 6.45) is 0. The fraction of sp³-hybridized carbons (Fsp3) is 1.00. The predicted octanol–water partition coefficient (Wildman–Crippen LogP) is -1.90. The lowest BCUT2D eigenvalue weighted by Crippen LogP contribution is -2.25. The van der Waals surface area contributed by atoms with E-state index >= 15 is 0 Å². The van der Waals surface area contributed by atoms with Crippen LogP contribution in [-0.4, -0.2) is 39.6 Å². The van der Waals surface area contributed by atoms with Gasteiger partial charge in [0.2, 0.25) is 5.53 Å². The standard InChI is InChI=1S/C3H9O3P.H2O/c1-7-3(5,6)2-4;/h4-7H,2H2,1H3;1H2. The normalized spacial score (nSPS) is 12.0. The number of aliphatic hydroxyl groups is 3. The Kier molecular flexibility index (Phi) is 5.81. The summed E-state index contributed by atoms with van der Waals surface area (Å²) >= 11 is 0. The highest BCUT2D eigenvalue weighted by Gasteiger charge is 2.16. The fourth-order valence-corrected chi connectivity index (χ4v) is 0.237. The molecule has 1 unspecified atom stereocenters. The zero-order chi connectivity index (χ0) is 5.91. The van der Waals surface area contributed by atoms with Gasteiger partial charge in [-0.3, -0.25) is 0 Å². The van der Waals surface area contributed by atoms with Crippen molar-refractivity contribution in [3.8, 4) is 0 Å². The van der Waals surface area contributed by atoms with Crippen molar-refractivity contribution in [3.63, 3.8) is 0 Å². The average molecular weight is 142 g/mol. The molecule has 0 aromatic heterocycles. The molecule has 1 atom stereocenters. The Bertz CT molecular complexity index is 49.2. The van der Waals surface area contributed by atoms with Crippen LogP contribution in [0.2, 0.25) is 0 Å². The van der Waals surface area contributed by atoms with Crippen LogP contribution >= 0.6 is 8.58 Å². The summed E-state index contributed by atoms with van der Waals surface area (Å²) in [6, 6.07) is 0. The van der Waals surface area contributed by atoms with Crippen LogP contribution in [0.25, 0.3) is 0 Å². The smallest absolute Gasteiger partial charge is 0.202 e. The molecule has 0 saturated carbocycles.